The minimum absolute atomic E-state index is 0.150. The molecule has 1 atom stereocenters. The molecule has 0 saturated heterocycles. The van der Waals surface area contributed by atoms with Gasteiger partial charge in [-0.2, -0.15) is 0 Å². The van der Waals surface area contributed by atoms with E-state index in [1.807, 2.05) is 31.2 Å². The Bertz CT molecular complexity index is 331. The Kier molecular flexibility index (Phi) is 2.23. The van der Waals surface area contributed by atoms with Crippen LogP contribution in [0.1, 0.15) is 18.5 Å². The highest BCUT2D eigenvalue weighted by Gasteiger charge is 2.17. The Hall–Kier alpha value is -1.02. The molecule has 1 aromatic rings. The van der Waals surface area contributed by atoms with Gasteiger partial charge in [0.2, 0.25) is 0 Å². The van der Waals surface area contributed by atoms with Crippen LogP contribution in [-0.2, 0) is 4.74 Å². The van der Waals surface area contributed by atoms with E-state index in [0.717, 1.165) is 16.5 Å². The third-order valence-electron chi connectivity index (χ3n) is 2.04. The van der Waals surface area contributed by atoms with Gasteiger partial charge in [-0.25, -0.2) is 4.99 Å². The lowest BCUT2D eigenvalue weighted by atomic mass is 10.1. The topological polar surface area (TPSA) is 21.6 Å². The highest BCUT2D eigenvalue weighted by atomic mass is 35.5. The number of benzene rings is 1. The van der Waals surface area contributed by atoms with Crippen molar-refractivity contribution in [3.63, 3.8) is 0 Å². The molecule has 0 aliphatic carbocycles. The fourth-order valence-corrected chi connectivity index (χ4v) is 1.48. The van der Waals surface area contributed by atoms with E-state index in [2.05, 4.69) is 4.99 Å². The van der Waals surface area contributed by atoms with Gasteiger partial charge >= 0.3 is 0 Å². The third-order valence-corrected chi connectivity index (χ3v) is 2.29. The average molecular weight is 196 g/mol. The van der Waals surface area contributed by atoms with Crippen LogP contribution in [0, 0.1) is 0 Å². The summed E-state index contributed by atoms with van der Waals surface area (Å²) in [5, 5.41) is 0.753. The third kappa shape index (κ3) is 1.83. The van der Waals surface area contributed by atoms with Gasteiger partial charge in [-0.05, 0) is 17.7 Å². The maximum absolute atomic E-state index is 5.78. The Morgan fingerprint density at radius 3 is 2.62 bits per heavy atom. The molecule has 2 rings (SSSR count). The van der Waals surface area contributed by atoms with Crippen LogP contribution in [0.25, 0.3) is 0 Å². The Labute approximate surface area is 82.2 Å². The largest absolute Gasteiger partial charge is 0.479 e. The van der Waals surface area contributed by atoms with E-state index < -0.39 is 0 Å². The van der Waals surface area contributed by atoms with Gasteiger partial charge in [-0.1, -0.05) is 23.7 Å². The van der Waals surface area contributed by atoms with E-state index in [1.54, 1.807) is 0 Å². The molecule has 0 saturated carbocycles. The molecule has 1 aromatic carbocycles. The number of hydrogen-bond acceptors (Lipinski definition) is 2. The Morgan fingerprint density at radius 1 is 1.38 bits per heavy atom. The predicted octanol–water partition coefficient (Wildman–Crippen LogP) is 2.83. The number of hydrogen-bond donors (Lipinski definition) is 0. The molecule has 1 heterocycles. The molecule has 68 valence electrons. The molecule has 0 fully saturated rings. The van der Waals surface area contributed by atoms with Crippen molar-refractivity contribution < 1.29 is 4.74 Å². The van der Waals surface area contributed by atoms with Gasteiger partial charge in [0, 0.05) is 11.9 Å². The van der Waals surface area contributed by atoms with Crippen molar-refractivity contribution in [3.05, 3.63) is 34.9 Å². The Morgan fingerprint density at radius 2 is 2.08 bits per heavy atom. The average Bonchev–Trinajstić information content (AvgIpc) is 2.53. The fraction of sp³-hybridized carbons (Fsp3) is 0.300. The SMILES string of the molecule is CC1=NC(c2ccc(Cl)cc2)CO1. The van der Waals surface area contributed by atoms with Gasteiger partial charge in [-0.3, -0.25) is 0 Å². The second kappa shape index (κ2) is 3.38. The summed E-state index contributed by atoms with van der Waals surface area (Å²) in [5.74, 6) is 0.764. The van der Waals surface area contributed by atoms with E-state index in [0.29, 0.717) is 6.61 Å². The Balaban J connectivity index is 2.22. The minimum Gasteiger partial charge on any atom is -0.479 e. The summed E-state index contributed by atoms with van der Waals surface area (Å²) in [7, 11) is 0. The van der Waals surface area contributed by atoms with Crippen LogP contribution in [0.2, 0.25) is 5.02 Å². The molecule has 0 bridgehead atoms. The lowest BCUT2D eigenvalue weighted by Gasteiger charge is -2.04. The first kappa shape index (κ1) is 8.57. The van der Waals surface area contributed by atoms with Gasteiger partial charge in [-0.15, -0.1) is 0 Å². The zero-order chi connectivity index (χ0) is 9.26. The van der Waals surface area contributed by atoms with Gasteiger partial charge in [0.25, 0.3) is 0 Å². The van der Waals surface area contributed by atoms with Crippen molar-refractivity contribution in [2.45, 2.75) is 13.0 Å². The molecule has 1 aliphatic heterocycles. The summed E-state index contributed by atoms with van der Waals surface area (Å²) in [5.41, 5.74) is 1.15. The van der Waals surface area contributed by atoms with Crippen molar-refractivity contribution in [2.75, 3.05) is 6.61 Å². The lowest BCUT2D eigenvalue weighted by Crippen LogP contribution is -1.97. The van der Waals surface area contributed by atoms with Crippen LogP contribution >= 0.6 is 11.6 Å². The first-order valence-corrected chi connectivity index (χ1v) is 4.56. The molecule has 0 amide bonds. The van der Waals surface area contributed by atoms with Crippen LogP contribution in [-0.4, -0.2) is 12.5 Å². The van der Waals surface area contributed by atoms with Crippen molar-refractivity contribution >= 4 is 17.5 Å². The maximum atomic E-state index is 5.78. The molecular formula is C10H10ClNO. The highest BCUT2D eigenvalue weighted by molar-refractivity contribution is 6.30. The fourth-order valence-electron chi connectivity index (χ4n) is 1.35. The number of rotatable bonds is 1. The van der Waals surface area contributed by atoms with Crippen LogP contribution in [0.15, 0.2) is 29.3 Å². The van der Waals surface area contributed by atoms with E-state index in [1.165, 1.54) is 0 Å². The van der Waals surface area contributed by atoms with Crippen LogP contribution in [0.4, 0.5) is 0 Å². The van der Waals surface area contributed by atoms with Crippen LogP contribution < -0.4 is 0 Å². The van der Waals surface area contributed by atoms with Crippen molar-refractivity contribution in [1.82, 2.24) is 0 Å². The zero-order valence-corrected chi connectivity index (χ0v) is 8.08. The first-order chi connectivity index (χ1) is 6.25. The van der Waals surface area contributed by atoms with Crippen molar-refractivity contribution in [2.24, 2.45) is 4.99 Å². The quantitative estimate of drug-likeness (QED) is 0.675. The molecular weight excluding hydrogens is 186 g/mol. The molecule has 13 heavy (non-hydrogen) atoms. The summed E-state index contributed by atoms with van der Waals surface area (Å²) >= 11 is 5.78. The maximum Gasteiger partial charge on any atom is 0.180 e. The summed E-state index contributed by atoms with van der Waals surface area (Å²) in [6.07, 6.45) is 0. The van der Waals surface area contributed by atoms with Crippen molar-refractivity contribution in [3.8, 4) is 0 Å². The zero-order valence-electron chi connectivity index (χ0n) is 7.33. The van der Waals surface area contributed by atoms with E-state index in [4.69, 9.17) is 16.3 Å². The molecule has 0 radical (unpaired) electrons. The number of nitrogens with zero attached hydrogens (tertiary/aromatic N) is 1. The monoisotopic (exact) mass is 195 g/mol. The van der Waals surface area contributed by atoms with E-state index in [9.17, 15) is 0 Å². The van der Waals surface area contributed by atoms with Crippen LogP contribution in [0.3, 0.4) is 0 Å². The van der Waals surface area contributed by atoms with Gasteiger partial charge < -0.3 is 4.74 Å². The normalized spacial score (nSPS) is 21.1. The second-order valence-electron chi connectivity index (χ2n) is 3.03. The molecule has 0 N–H and O–H groups in total. The standard InChI is InChI=1S/C10H10ClNO/c1-7-12-10(6-13-7)8-2-4-9(11)5-3-8/h2-5,10H,6H2,1H3. The number of ether oxygens (including phenoxy) is 1. The number of aliphatic imine (C=N–C) groups is 1. The minimum atomic E-state index is 0.150. The van der Waals surface area contributed by atoms with E-state index in [-0.39, 0.29) is 6.04 Å². The van der Waals surface area contributed by atoms with Gasteiger partial charge in [0.15, 0.2) is 5.90 Å². The molecule has 1 aliphatic rings. The lowest BCUT2D eigenvalue weighted by molar-refractivity contribution is 0.317. The summed E-state index contributed by atoms with van der Waals surface area (Å²) < 4.78 is 5.27. The smallest absolute Gasteiger partial charge is 0.180 e. The van der Waals surface area contributed by atoms with Crippen LogP contribution in [0.5, 0.6) is 0 Å². The summed E-state index contributed by atoms with van der Waals surface area (Å²) in [6, 6.07) is 7.87. The van der Waals surface area contributed by atoms with Gasteiger partial charge in [0.05, 0.1) is 0 Å². The van der Waals surface area contributed by atoms with Crippen molar-refractivity contribution in [1.29, 1.82) is 0 Å². The summed E-state index contributed by atoms with van der Waals surface area (Å²) in [4.78, 5) is 4.34. The highest BCUT2D eigenvalue weighted by Crippen LogP contribution is 2.23. The molecule has 1 unspecified atom stereocenters. The second-order valence-corrected chi connectivity index (χ2v) is 3.46. The molecule has 3 heteroatoms. The number of halogens is 1. The molecule has 0 aromatic heterocycles. The molecule has 2 nitrogen and oxygen atoms in total. The summed E-state index contributed by atoms with van der Waals surface area (Å²) in [6.45, 7) is 2.52. The van der Waals surface area contributed by atoms with E-state index >= 15 is 0 Å². The van der Waals surface area contributed by atoms with Gasteiger partial charge in [0.1, 0.15) is 12.6 Å². The molecule has 0 spiro atoms. The predicted molar refractivity (Wildman–Crippen MR) is 53.3 cm³/mol. The first-order valence-electron chi connectivity index (χ1n) is 4.18.